The molecule has 2 aromatic carbocycles. The summed E-state index contributed by atoms with van der Waals surface area (Å²) in [6, 6.07) is 14.7. The predicted octanol–water partition coefficient (Wildman–Crippen LogP) is 3.05. The van der Waals surface area contributed by atoms with E-state index in [0.717, 1.165) is 16.8 Å². The largest absolute Gasteiger partial charge is 0.373 e. The molecule has 0 saturated carbocycles. The summed E-state index contributed by atoms with van der Waals surface area (Å²) in [5.41, 5.74) is 3.69. The quantitative estimate of drug-likeness (QED) is 0.885. The number of aryl methyl sites for hydroxylation is 2. The van der Waals surface area contributed by atoms with E-state index in [0.29, 0.717) is 5.69 Å². The number of imide groups is 1. The van der Waals surface area contributed by atoms with Gasteiger partial charge in [-0.05, 0) is 43.7 Å². The SMILES string of the molecule is Cc1ccc(N2C(=O)C[C@H](Nc3cccc(C)c3)C2=O)cc1. The van der Waals surface area contributed by atoms with Crippen LogP contribution in [0.15, 0.2) is 48.5 Å². The molecular formula is C18H18N2O2. The molecule has 0 unspecified atom stereocenters. The number of nitrogens with one attached hydrogen (secondary N) is 1. The maximum Gasteiger partial charge on any atom is 0.256 e. The molecule has 112 valence electrons. The zero-order valence-corrected chi connectivity index (χ0v) is 12.7. The van der Waals surface area contributed by atoms with Crippen LogP contribution in [0.5, 0.6) is 0 Å². The summed E-state index contributed by atoms with van der Waals surface area (Å²) in [4.78, 5) is 26.0. The fourth-order valence-corrected chi connectivity index (χ4v) is 2.65. The van der Waals surface area contributed by atoms with Gasteiger partial charge >= 0.3 is 0 Å². The monoisotopic (exact) mass is 294 g/mol. The van der Waals surface area contributed by atoms with E-state index in [1.807, 2.05) is 50.2 Å². The minimum atomic E-state index is -0.504. The van der Waals surface area contributed by atoms with Crippen LogP contribution in [0.1, 0.15) is 17.5 Å². The van der Waals surface area contributed by atoms with Gasteiger partial charge in [-0.2, -0.15) is 0 Å². The van der Waals surface area contributed by atoms with Crippen LogP contribution in [0.4, 0.5) is 11.4 Å². The Labute approximate surface area is 129 Å². The standard InChI is InChI=1S/C18H18N2O2/c1-12-6-8-15(9-7-12)20-17(21)11-16(18(20)22)19-14-5-3-4-13(2)10-14/h3-10,16,19H,11H2,1-2H3/t16-/m0/s1. The molecule has 0 spiro atoms. The molecule has 3 rings (SSSR count). The van der Waals surface area contributed by atoms with Gasteiger partial charge in [-0.3, -0.25) is 9.59 Å². The van der Waals surface area contributed by atoms with Crippen LogP contribution in [-0.2, 0) is 9.59 Å². The van der Waals surface area contributed by atoms with E-state index in [2.05, 4.69) is 5.32 Å². The Morgan fingerprint density at radius 3 is 2.41 bits per heavy atom. The first-order valence-electron chi connectivity index (χ1n) is 7.31. The Kier molecular flexibility index (Phi) is 3.67. The molecule has 2 amide bonds. The summed E-state index contributed by atoms with van der Waals surface area (Å²) in [6.45, 7) is 3.96. The molecule has 1 fully saturated rings. The third-order valence-corrected chi connectivity index (χ3v) is 3.80. The lowest BCUT2D eigenvalue weighted by atomic mass is 10.2. The average Bonchev–Trinajstić information content (AvgIpc) is 2.75. The number of hydrogen-bond donors (Lipinski definition) is 1. The maximum atomic E-state index is 12.5. The van der Waals surface area contributed by atoms with Gasteiger partial charge in [0.25, 0.3) is 5.91 Å². The highest BCUT2D eigenvalue weighted by Crippen LogP contribution is 2.25. The Balaban J connectivity index is 1.81. The molecule has 1 aliphatic rings. The van der Waals surface area contributed by atoms with Gasteiger partial charge in [0.05, 0.1) is 12.1 Å². The van der Waals surface area contributed by atoms with E-state index in [1.54, 1.807) is 12.1 Å². The van der Waals surface area contributed by atoms with E-state index in [9.17, 15) is 9.59 Å². The van der Waals surface area contributed by atoms with Crippen molar-refractivity contribution in [3.8, 4) is 0 Å². The van der Waals surface area contributed by atoms with Crippen molar-refractivity contribution in [2.45, 2.75) is 26.3 Å². The number of carbonyl (C=O) groups excluding carboxylic acids is 2. The van der Waals surface area contributed by atoms with Gasteiger partial charge in [-0.1, -0.05) is 29.8 Å². The second kappa shape index (κ2) is 5.64. The van der Waals surface area contributed by atoms with Crippen LogP contribution >= 0.6 is 0 Å². The van der Waals surface area contributed by atoms with Gasteiger partial charge in [0.15, 0.2) is 0 Å². The normalized spacial score (nSPS) is 17.9. The van der Waals surface area contributed by atoms with Crippen molar-refractivity contribution < 1.29 is 9.59 Å². The molecular weight excluding hydrogens is 276 g/mol. The number of nitrogens with zero attached hydrogens (tertiary/aromatic N) is 1. The topological polar surface area (TPSA) is 49.4 Å². The zero-order chi connectivity index (χ0) is 15.7. The Morgan fingerprint density at radius 1 is 1.00 bits per heavy atom. The molecule has 4 heteroatoms. The lowest BCUT2D eigenvalue weighted by molar-refractivity contribution is -0.121. The summed E-state index contributed by atoms with van der Waals surface area (Å²) in [5.74, 6) is -0.366. The van der Waals surface area contributed by atoms with Crippen LogP contribution in [0.3, 0.4) is 0 Å². The molecule has 1 N–H and O–H groups in total. The summed E-state index contributed by atoms with van der Waals surface area (Å²) >= 11 is 0. The lowest BCUT2D eigenvalue weighted by Gasteiger charge is -2.16. The van der Waals surface area contributed by atoms with Crippen molar-refractivity contribution in [1.29, 1.82) is 0 Å². The summed E-state index contributed by atoms with van der Waals surface area (Å²) < 4.78 is 0. The number of anilines is 2. The first kappa shape index (κ1) is 14.3. The van der Waals surface area contributed by atoms with Gasteiger partial charge in [-0.25, -0.2) is 4.90 Å². The van der Waals surface area contributed by atoms with Gasteiger partial charge < -0.3 is 5.32 Å². The maximum absolute atomic E-state index is 12.5. The second-order valence-electron chi connectivity index (χ2n) is 5.67. The van der Waals surface area contributed by atoms with Gasteiger partial charge in [0.1, 0.15) is 6.04 Å². The predicted molar refractivity (Wildman–Crippen MR) is 86.9 cm³/mol. The highest BCUT2D eigenvalue weighted by molar-refractivity contribution is 6.23. The minimum absolute atomic E-state index is 0.168. The van der Waals surface area contributed by atoms with E-state index in [4.69, 9.17) is 0 Å². The van der Waals surface area contributed by atoms with E-state index in [1.165, 1.54) is 4.90 Å². The smallest absolute Gasteiger partial charge is 0.256 e. The van der Waals surface area contributed by atoms with Crippen molar-refractivity contribution in [1.82, 2.24) is 0 Å². The van der Waals surface area contributed by atoms with Gasteiger partial charge in [0, 0.05) is 5.69 Å². The Bertz CT molecular complexity index is 722. The molecule has 1 aliphatic heterocycles. The van der Waals surface area contributed by atoms with Crippen molar-refractivity contribution in [3.63, 3.8) is 0 Å². The summed E-state index contributed by atoms with van der Waals surface area (Å²) in [5, 5.41) is 3.16. The first-order chi connectivity index (χ1) is 10.5. The summed E-state index contributed by atoms with van der Waals surface area (Å²) in [6.07, 6.45) is 0.181. The molecule has 4 nitrogen and oxygen atoms in total. The minimum Gasteiger partial charge on any atom is -0.373 e. The van der Waals surface area contributed by atoms with Crippen molar-refractivity contribution in [3.05, 3.63) is 59.7 Å². The van der Waals surface area contributed by atoms with Crippen LogP contribution in [0.25, 0.3) is 0 Å². The van der Waals surface area contributed by atoms with E-state index in [-0.39, 0.29) is 18.2 Å². The lowest BCUT2D eigenvalue weighted by Crippen LogP contribution is -2.34. The third-order valence-electron chi connectivity index (χ3n) is 3.80. The van der Waals surface area contributed by atoms with Crippen LogP contribution in [0.2, 0.25) is 0 Å². The molecule has 1 heterocycles. The highest BCUT2D eigenvalue weighted by Gasteiger charge is 2.39. The zero-order valence-electron chi connectivity index (χ0n) is 12.7. The summed E-state index contributed by atoms with van der Waals surface area (Å²) in [7, 11) is 0. The Hall–Kier alpha value is -2.62. The van der Waals surface area contributed by atoms with Crippen LogP contribution in [0, 0.1) is 13.8 Å². The number of rotatable bonds is 3. The molecule has 0 aromatic heterocycles. The Morgan fingerprint density at radius 2 is 1.73 bits per heavy atom. The number of hydrogen-bond acceptors (Lipinski definition) is 3. The second-order valence-corrected chi connectivity index (χ2v) is 5.67. The van der Waals surface area contributed by atoms with Crippen molar-refractivity contribution in [2.75, 3.05) is 10.2 Å². The van der Waals surface area contributed by atoms with Crippen LogP contribution in [-0.4, -0.2) is 17.9 Å². The third kappa shape index (κ3) is 2.72. The van der Waals surface area contributed by atoms with Gasteiger partial charge in [-0.15, -0.1) is 0 Å². The van der Waals surface area contributed by atoms with Crippen molar-refractivity contribution in [2.24, 2.45) is 0 Å². The molecule has 0 bridgehead atoms. The van der Waals surface area contributed by atoms with E-state index < -0.39 is 6.04 Å². The number of benzene rings is 2. The molecule has 1 saturated heterocycles. The molecule has 22 heavy (non-hydrogen) atoms. The highest BCUT2D eigenvalue weighted by atomic mass is 16.2. The molecule has 0 aliphatic carbocycles. The fraction of sp³-hybridized carbons (Fsp3) is 0.222. The van der Waals surface area contributed by atoms with E-state index >= 15 is 0 Å². The van der Waals surface area contributed by atoms with Crippen LogP contribution < -0.4 is 10.2 Å². The van der Waals surface area contributed by atoms with Crippen molar-refractivity contribution >= 4 is 23.2 Å². The van der Waals surface area contributed by atoms with Gasteiger partial charge in [0.2, 0.25) is 5.91 Å². The molecule has 0 radical (unpaired) electrons. The molecule has 1 atom stereocenters. The average molecular weight is 294 g/mol. The number of amides is 2. The molecule has 2 aromatic rings. The number of carbonyl (C=O) groups is 2. The fourth-order valence-electron chi connectivity index (χ4n) is 2.65. The first-order valence-corrected chi connectivity index (χ1v) is 7.31.